The molecule has 5 heteroatoms. The second kappa shape index (κ2) is 11.4. The average molecular weight is 657 g/mol. The highest BCUT2D eigenvalue weighted by molar-refractivity contribution is 6.10. The van der Waals surface area contributed by atoms with E-state index in [1.54, 1.807) is 42.5 Å². The Morgan fingerprint density at radius 2 is 1.14 bits per heavy atom. The third-order valence-electron chi connectivity index (χ3n) is 8.27. The van der Waals surface area contributed by atoms with Crippen LogP contribution in [0.3, 0.4) is 0 Å². The molecule has 50 heavy (non-hydrogen) atoms. The summed E-state index contributed by atoms with van der Waals surface area (Å²) in [5, 5.41) is 1.04. The van der Waals surface area contributed by atoms with E-state index in [1.807, 2.05) is 30.3 Å². The van der Waals surface area contributed by atoms with Crippen LogP contribution in [0.2, 0.25) is 0 Å². The highest BCUT2D eigenvalue weighted by Crippen LogP contribution is 2.37. The van der Waals surface area contributed by atoms with Gasteiger partial charge in [-0.3, -0.25) is 0 Å². The molecule has 0 fully saturated rings. The number of furan rings is 1. The first-order valence-corrected chi connectivity index (χ1v) is 15.4. The molecule has 0 amide bonds. The molecule has 10 rings (SSSR count). The first-order chi connectivity index (χ1) is 31.4. The van der Waals surface area contributed by atoms with Crippen molar-refractivity contribution >= 4 is 43.7 Å². The van der Waals surface area contributed by atoms with Crippen LogP contribution in [0.5, 0.6) is 0 Å². The van der Waals surface area contributed by atoms with Gasteiger partial charge in [-0.2, -0.15) is 0 Å². The lowest BCUT2D eigenvalue weighted by atomic mass is 10.1. The number of rotatable bonds is 5. The van der Waals surface area contributed by atoms with Gasteiger partial charge >= 0.3 is 0 Å². The molecule has 234 valence electrons. The number of para-hydroxylation sites is 2. The number of hydrogen-bond acceptors (Lipinski definition) is 4. The van der Waals surface area contributed by atoms with Crippen molar-refractivity contribution in [1.29, 1.82) is 0 Å². The summed E-state index contributed by atoms with van der Waals surface area (Å²) in [6.07, 6.45) is 0. The molecule has 0 aliphatic heterocycles. The van der Waals surface area contributed by atoms with Crippen LogP contribution in [0.15, 0.2) is 174 Å². The van der Waals surface area contributed by atoms with E-state index < -0.39 is 125 Å². The molecular formula is C45H28N4O. The maximum atomic E-state index is 9.81. The fraction of sp³-hybridized carbons (Fsp3) is 0. The number of aromatic nitrogens is 4. The van der Waals surface area contributed by atoms with Gasteiger partial charge in [0.2, 0.25) is 0 Å². The first kappa shape index (κ1) is 16.5. The van der Waals surface area contributed by atoms with Crippen molar-refractivity contribution in [3.63, 3.8) is 0 Å². The lowest BCUT2D eigenvalue weighted by Crippen LogP contribution is -2.00. The van der Waals surface area contributed by atoms with Gasteiger partial charge < -0.3 is 8.98 Å². The molecule has 0 spiro atoms. The summed E-state index contributed by atoms with van der Waals surface area (Å²) < 4.78 is 150. The average Bonchev–Trinajstić information content (AvgIpc) is 3.88. The van der Waals surface area contributed by atoms with Gasteiger partial charge in [0.15, 0.2) is 17.5 Å². The third kappa shape index (κ3) is 4.67. The molecule has 10 aromatic rings. The van der Waals surface area contributed by atoms with Crippen LogP contribution in [0.25, 0.3) is 94.7 Å². The fourth-order valence-corrected chi connectivity index (χ4v) is 5.99. The van der Waals surface area contributed by atoms with Crippen LogP contribution in [0.1, 0.15) is 21.9 Å². The maximum absolute atomic E-state index is 9.81. The van der Waals surface area contributed by atoms with E-state index >= 15 is 0 Å². The predicted octanol–water partition coefficient (Wildman–Crippen LogP) is 11.5. The summed E-state index contributed by atoms with van der Waals surface area (Å²) in [6.45, 7) is 0. The lowest BCUT2D eigenvalue weighted by molar-refractivity contribution is 0.669. The van der Waals surface area contributed by atoms with Crippen molar-refractivity contribution in [3.05, 3.63) is 169 Å². The smallest absolute Gasteiger partial charge is 0.164 e. The molecule has 0 N–H and O–H groups in total. The highest BCUT2D eigenvalue weighted by atomic mass is 16.3. The SMILES string of the molecule is [2H]c1c([2H])c([2H])c(-c2c([2H])c([2H])c([2H])c(-n3c4c([2H])c([2H])c([2H])c([2H])c4c4c([2H])c(-c5nc(-c6ccccc6)nc(-c6ccc7c(c6)oc6ccccc67)n5)c([2H])c([2H])c43)c2[2H])c([2H])c1[2H]. The zero-order valence-electron chi connectivity index (χ0n) is 41.6. The Hall–Kier alpha value is -6.85. The molecule has 3 heterocycles. The third-order valence-corrected chi connectivity index (χ3v) is 8.27. The molecular weight excluding hydrogens is 613 g/mol. The minimum atomic E-state index is -0.883. The summed E-state index contributed by atoms with van der Waals surface area (Å²) in [4.78, 5) is 14.2. The minimum absolute atomic E-state index is 0.104. The summed E-state index contributed by atoms with van der Waals surface area (Å²) in [7, 11) is 0. The zero-order valence-corrected chi connectivity index (χ0v) is 25.6. The van der Waals surface area contributed by atoms with Crippen LogP contribution in [-0.4, -0.2) is 19.5 Å². The Morgan fingerprint density at radius 3 is 2.02 bits per heavy atom. The maximum Gasteiger partial charge on any atom is 0.164 e. The Morgan fingerprint density at radius 1 is 0.440 bits per heavy atom. The van der Waals surface area contributed by atoms with E-state index in [2.05, 4.69) is 0 Å². The number of fused-ring (bicyclic) bond motifs is 6. The normalized spacial score (nSPS) is 16.1. The van der Waals surface area contributed by atoms with Gasteiger partial charge in [0.05, 0.1) is 33.0 Å². The van der Waals surface area contributed by atoms with Gasteiger partial charge in [0.1, 0.15) is 11.2 Å². The molecule has 0 saturated carbocycles. The Balaban J connectivity index is 1.32. The standard InChI is InChI=1S/C45H28N4O/c1-3-12-29(13-4-1)31-16-11-17-34(26-31)49-39-20-9-7-18-35(39)38-27-32(23-25-40(38)49)44-46-43(30-14-5-2-6-15-30)47-45(48-44)33-22-24-37-36-19-8-10-21-41(36)50-42(37)28-33/h1-28H/i1D,3D,4D,7D,9D,11D,12D,13D,16D,17D,18D,20D,23D,25D,26D,27D. The highest BCUT2D eigenvalue weighted by Gasteiger charge is 2.18. The molecule has 0 atom stereocenters. The van der Waals surface area contributed by atoms with Crippen LogP contribution < -0.4 is 0 Å². The molecule has 0 bridgehead atoms. The molecule has 0 aliphatic rings. The van der Waals surface area contributed by atoms with Gasteiger partial charge in [0, 0.05) is 43.9 Å². The van der Waals surface area contributed by atoms with E-state index in [9.17, 15) is 5.48 Å². The molecule has 0 radical (unpaired) electrons. The van der Waals surface area contributed by atoms with Gasteiger partial charge in [-0.1, -0.05) is 115 Å². The molecule has 7 aromatic carbocycles. The molecule has 5 nitrogen and oxygen atoms in total. The van der Waals surface area contributed by atoms with Gasteiger partial charge in [-0.15, -0.1) is 0 Å². The zero-order chi connectivity index (χ0) is 46.9. The van der Waals surface area contributed by atoms with Crippen molar-refractivity contribution in [2.75, 3.05) is 0 Å². The van der Waals surface area contributed by atoms with Crippen molar-refractivity contribution in [2.24, 2.45) is 0 Å². The Bertz CT molecular complexity index is 3770. The van der Waals surface area contributed by atoms with Crippen molar-refractivity contribution in [1.82, 2.24) is 19.5 Å². The van der Waals surface area contributed by atoms with Gasteiger partial charge in [0.25, 0.3) is 0 Å². The van der Waals surface area contributed by atoms with Crippen LogP contribution in [0, 0.1) is 0 Å². The van der Waals surface area contributed by atoms with E-state index in [-0.39, 0.29) is 33.8 Å². The lowest BCUT2D eigenvalue weighted by Gasteiger charge is -2.11. The molecule has 0 saturated heterocycles. The Labute approximate surface area is 310 Å². The summed E-state index contributed by atoms with van der Waals surface area (Å²) in [5.74, 6) is -0.00717. The quantitative estimate of drug-likeness (QED) is 0.185. The largest absolute Gasteiger partial charge is 0.456 e. The van der Waals surface area contributed by atoms with Gasteiger partial charge in [-0.25, -0.2) is 15.0 Å². The monoisotopic (exact) mass is 656 g/mol. The van der Waals surface area contributed by atoms with Crippen molar-refractivity contribution in [3.8, 4) is 51.0 Å². The molecule has 3 aromatic heterocycles. The van der Waals surface area contributed by atoms with E-state index in [1.165, 1.54) is 0 Å². The van der Waals surface area contributed by atoms with Crippen LogP contribution in [0.4, 0.5) is 0 Å². The second-order valence-electron chi connectivity index (χ2n) is 11.2. The predicted molar refractivity (Wildman–Crippen MR) is 203 cm³/mol. The van der Waals surface area contributed by atoms with Gasteiger partial charge in [-0.05, 0) is 65.6 Å². The fourth-order valence-electron chi connectivity index (χ4n) is 5.99. The summed E-state index contributed by atoms with van der Waals surface area (Å²) >= 11 is 0. The van der Waals surface area contributed by atoms with Crippen molar-refractivity contribution in [2.45, 2.75) is 0 Å². The Kier molecular flexibility index (Phi) is 3.76. The van der Waals surface area contributed by atoms with E-state index in [4.69, 9.17) is 35.8 Å². The van der Waals surface area contributed by atoms with E-state index in [0.717, 1.165) is 15.3 Å². The molecule has 0 aliphatic carbocycles. The minimum Gasteiger partial charge on any atom is -0.456 e. The molecule has 0 unspecified atom stereocenters. The first-order valence-electron chi connectivity index (χ1n) is 23.4. The van der Waals surface area contributed by atoms with Crippen LogP contribution >= 0.6 is 0 Å². The topological polar surface area (TPSA) is 56.7 Å². The number of hydrogen-bond donors (Lipinski definition) is 0. The summed E-state index contributed by atoms with van der Waals surface area (Å²) in [5.41, 5.74) is -1.00. The number of benzene rings is 7. The second-order valence-corrected chi connectivity index (χ2v) is 11.2. The van der Waals surface area contributed by atoms with Crippen molar-refractivity contribution < 1.29 is 26.3 Å². The summed E-state index contributed by atoms with van der Waals surface area (Å²) in [6, 6.07) is 9.40. The van der Waals surface area contributed by atoms with Crippen LogP contribution in [-0.2, 0) is 0 Å². The van der Waals surface area contributed by atoms with E-state index in [0.29, 0.717) is 22.3 Å². The number of nitrogens with zero attached hydrogens (tertiary/aromatic N) is 4.